The summed E-state index contributed by atoms with van der Waals surface area (Å²) in [6, 6.07) is 0. The molecule has 0 aromatic heterocycles. The van der Waals surface area contributed by atoms with Gasteiger partial charge in [0.15, 0.2) is 0 Å². The van der Waals surface area contributed by atoms with E-state index in [0.717, 1.165) is 32.5 Å². The van der Waals surface area contributed by atoms with E-state index in [2.05, 4.69) is 24.1 Å². The van der Waals surface area contributed by atoms with E-state index in [1.165, 1.54) is 0 Å². The fraction of sp³-hybridized carbons (Fsp3) is 0.917. The number of piperazine rings is 1. The molecule has 3 heterocycles. The van der Waals surface area contributed by atoms with Gasteiger partial charge in [-0.15, -0.1) is 11.8 Å². The summed E-state index contributed by atoms with van der Waals surface area (Å²) >= 11 is 1.83. The Morgan fingerprint density at radius 2 is 2.35 bits per heavy atom. The van der Waals surface area contributed by atoms with Gasteiger partial charge < -0.3 is 15.0 Å². The first kappa shape index (κ1) is 11.8. The molecule has 3 rings (SSSR count). The van der Waals surface area contributed by atoms with Crippen LogP contribution in [0.15, 0.2) is 0 Å². The Morgan fingerprint density at radius 1 is 1.53 bits per heavy atom. The third kappa shape index (κ3) is 1.88. The molecule has 0 saturated carbocycles. The van der Waals surface area contributed by atoms with Crippen LogP contribution in [0.5, 0.6) is 0 Å². The molecule has 0 bridgehead atoms. The van der Waals surface area contributed by atoms with Crippen LogP contribution in [0.1, 0.15) is 26.7 Å². The van der Waals surface area contributed by atoms with Crippen LogP contribution >= 0.6 is 11.8 Å². The van der Waals surface area contributed by atoms with Gasteiger partial charge >= 0.3 is 0 Å². The fourth-order valence-electron chi connectivity index (χ4n) is 3.60. The summed E-state index contributed by atoms with van der Waals surface area (Å²) in [4.78, 5) is 14.0. The maximum absolute atomic E-state index is 11.9. The van der Waals surface area contributed by atoms with Gasteiger partial charge in [-0.1, -0.05) is 0 Å². The van der Waals surface area contributed by atoms with Crippen LogP contribution in [0, 0.1) is 0 Å². The van der Waals surface area contributed by atoms with Crippen molar-refractivity contribution in [3.8, 4) is 0 Å². The zero-order valence-corrected chi connectivity index (χ0v) is 11.4. The number of hydrogen-bond donors (Lipinski definition) is 1. The molecule has 1 amide bonds. The number of ether oxygens (including phenoxy) is 1. The molecule has 4 nitrogen and oxygen atoms in total. The molecule has 3 saturated heterocycles. The molecule has 3 aliphatic heterocycles. The largest absolute Gasteiger partial charge is 0.375 e. The highest BCUT2D eigenvalue weighted by molar-refractivity contribution is 8.01. The van der Waals surface area contributed by atoms with E-state index in [-0.39, 0.29) is 11.1 Å². The van der Waals surface area contributed by atoms with Crippen molar-refractivity contribution in [3.05, 3.63) is 0 Å². The van der Waals surface area contributed by atoms with Crippen LogP contribution in [0.2, 0.25) is 0 Å². The van der Waals surface area contributed by atoms with E-state index in [1.807, 2.05) is 11.8 Å². The Labute approximate surface area is 106 Å². The number of quaternary nitrogens is 1. The van der Waals surface area contributed by atoms with E-state index in [9.17, 15) is 4.79 Å². The van der Waals surface area contributed by atoms with Crippen LogP contribution in [0.25, 0.3) is 0 Å². The summed E-state index contributed by atoms with van der Waals surface area (Å²) in [5.41, 5.74) is 0.140. The number of amides is 1. The molecule has 0 aromatic rings. The first-order valence-electron chi connectivity index (χ1n) is 6.42. The second kappa shape index (κ2) is 3.87. The van der Waals surface area contributed by atoms with Crippen molar-refractivity contribution in [2.75, 3.05) is 25.4 Å². The Kier molecular flexibility index (Phi) is 2.69. The van der Waals surface area contributed by atoms with Crippen molar-refractivity contribution in [3.63, 3.8) is 0 Å². The Bertz CT molecular complexity index is 343. The average molecular weight is 257 g/mol. The van der Waals surface area contributed by atoms with Gasteiger partial charge in [0.05, 0.1) is 31.1 Å². The Morgan fingerprint density at radius 3 is 3.12 bits per heavy atom. The third-order valence-corrected chi connectivity index (χ3v) is 5.65. The molecule has 96 valence electrons. The first-order chi connectivity index (χ1) is 8.03. The highest BCUT2D eigenvalue weighted by atomic mass is 32.2. The van der Waals surface area contributed by atoms with E-state index < -0.39 is 0 Å². The van der Waals surface area contributed by atoms with Gasteiger partial charge in [0, 0.05) is 12.8 Å². The number of nitrogens with two attached hydrogens (primary N) is 1. The van der Waals surface area contributed by atoms with E-state index in [0.29, 0.717) is 17.0 Å². The maximum atomic E-state index is 11.9. The second-order valence-electron chi connectivity index (χ2n) is 6.01. The van der Waals surface area contributed by atoms with Gasteiger partial charge in [-0.3, -0.25) is 4.79 Å². The number of hydrogen-bond acceptors (Lipinski definition) is 3. The predicted octanol–water partition coefficient (Wildman–Crippen LogP) is -0.207. The second-order valence-corrected chi connectivity index (χ2v) is 7.08. The van der Waals surface area contributed by atoms with E-state index >= 15 is 0 Å². The lowest BCUT2D eigenvalue weighted by atomic mass is 9.79. The van der Waals surface area contributed by atoms with Crippen LogP contribution in [-0.4, -0.2) is 52.8 Å². The molecular weight excluding hydrogens is 236 g/mol. The standard InChI is InChI=1S/C12H20N2O2S/c1-11(2)8-12(3-6-16-11)10-14(5-4-13-12)9(15)7-17-10/h10,13H,3-8H2,1-2H3/p+1/t10-,12-/m1/s1. The molecule has 1 spiro atoms. The van der Waals surface area contributed by atoms with Gasteiger partial charge in [0.2, 0.25) is 5.91 Å². The first-order valence-corrected chi connectivity index (χ1v) is 7.47. The average Bonchev–Trinajstić information content (AvgIpc) is 2.61. The Balaban J connectivity index is 1.88. The molecule has 0 aromatic carbocycles. The van der Waals surface area contributed by atoms with Gasteiger partial charge in [-0.2, -0.15) is 0 Å². The topological polar surface area (TPSA) is 46.1 Å². The quantitative estimate of drug-likeness (QED) is 0.653. The number of carbonyl (C=O) groups is 1. The number of nitrogens with zero attached hydrogens (tertiary/aromatic N) is 1. The minimum absolute atomic E-state index is 0.0516. The van der Waals surface area contributed by atoms with Crippen molar-refractivity contribution in [2.24, 2.45) is 0 Å². The van der Waals surface area contributed by atoms with Crippen molar-refractivity contribution < 1.29 is 14.8 Å². The van der Waals surface area contributed by atoms with Gasteiger partial charge in [-0.25, -0.2) is 0 Å². The summed E-state index contributed by atoms with van der Waals surface area (Å²) in [6.45, 7) is 7.12. The molecule has 2 atom stereocenters. The highest BCUT2D eigenvalue weighted by Gasteiger charge is 2.56. The van der Waals surface area contributed by atoms with Gasteiger partial charge in [0.25, 0.3) is 0 Å². The fourth-order valence-corrected chi connectivity index (χ4v) is 5.10. The Hall–Kier alpha value is -0.260. The van der Waals surface area contributed by atoms with Crippen LogP contribution in [-0.2, 0) is 9.53 Å². The molecule has 0 unspecified atom stereocenters. The van der Waals surface area contributed by atoms with Crippen molar-refractivity contribution in [1.82, 2.24) is 4.90 Å². The molecule has 2 N–H and O–H groups in total. The molecular formula is C12H21N2O2S+. The molecule has 3 aliphatic rings. The van der Waals surface area contributed by atoms with Crippen molar-refractivity contribution >= 4 is 17.7 Å². The maximum Gasteiger partial charge on any atom is 0.233 e. The molecule has 3 fully saturated rings. The SMILES string of the molecule is CC1(C)C[C@@]2(CCO1)[NH2+]CCN1C(=O)CS[C@@H]12. The van der Waals surface area contributed by atoms with E-state index in [4.69, 9.17) is 4.74 Å². The molecule has 17 heavy (non-hydrogen) atoms. The number of rotatable bonds is 0. The smallest absolute Gasteiger partial charge is 0.233 e. The van der Waals surface area contributed by atoms with E-state index in [1.54, 1.807) is 0 Å². The molecule has 0 radical (unpaired) electrons. The number of thioether (sulfide) groups is 1. The summed E-state index contributed by atoms with van der Waals surface area (Å²) in [5, 5.41) is 2.84. The number of fused-ring (bicyclic) bond motifs is 2. The summed E-state index contributed by atoms with van der Waals surface area (Å²) in [7, 11) is 0. The lowest BCUT2D eigenvalue weighted by molar-refractivity contribution is -0.744. The zero-order valence-electron chi connectivity index (χ0n) is 10.6. The van der Waals surface area contributed by atoms with Crippen molar-refractivity contribution in [2.45, 2.75) is 43.2 Å². The zero-order chi connectivity index (χ0) is 12.1. The molecule has 0 aliphatic carbocycles. The highest BCUT2D eigenvalue weighted by Crippen LogP contribution is 2.41. The third-order valence-electron chi connectivity index (χ3n) is 4.20. The lowest BCUT2D eigenvalue weighted by Crippen LogP contribution is -3.04. The normalized spacial score (nSPS) is 40.7. The van der Waals surface area contributed by atoms with Gasteiger partial charge in [-0.05, 0) is 13.8 Å². The minimum atomic E-state index is -0.0516. The predicted molar refractivity (Wildman–Crippen MR) is 66.7 cm³/mol. The summed E-state index contributed by atoms with van der Waals surface area (Å²) < 4.78 is 5.84. The van der Waals surface area contributed by atoms with Crippen LogP contribution in [0.4, 0.5) is 0 Å². The summed E-state index contributed by atoms with van der Waals surface area (Å²) in [5.74, 6) is 0.999. The van der Waals surface area contributed by atoms with Crippen LogP contribution in [0.3, 0.4) is 0 Å². The number of carbonyl (C=O) groups excluding carboxylic acids is 1. The summed E-state index contributed by atoms with van der Waals surface area (Å²) in [6.07, 6.45) is 2.11. The van der Waals surface area contributed by atoms with Crippen molar-refractivity contribution in [1.29, 1.82) is 0 Å². The van der Waals surface area contributed by atoms with Gasteiger partial charge in [0.1, 0.15) is 10.9 Å². The monoisotopic (exact) mass is 257 g/mol. The molecule has 5 heteroatoms. The lowest BCUT2D eigenvalue weighted by Gasteiger charge is -2.50. The van der Waals surface area contributed by atoms with Crippen LogP contribution < -0.4 is 5.32 Å². The minimum Gasteiger partial charge on any atom is -0.375 e.